The second kappa shape index (κ2) is 13.1. The Balaban J connectivity index is 0.745. The van der Waals surface area contributed by atoms with Gasteiger partial charge >= 0.3 is 0 Å². The number of aromatic nitrogens is 4. The van der Waals surface area contributed by atoms with Gasteiger partial charge in [0.2, 0.25) is 17.6 Å². The van der Waals surface area contributed by atoms with E-state index in [4.69, 9.17) is 9.97 Å². The molecule has 1 unspecified atom stereocenters. The Labute approximate surface area is 300 Å². The molecule has 3 fully saturated rings. The average molecular weight is 698 g/mol. The van der Waals surface area contributed by atoms with Gasteiger partial charge in [-0.2, -0.15) is 0 Å². The van der Waals surface area contributed by atoms with E-state index in [1.54, 1.807) is 12.1 Å². The van der Waals surface area contributed by atoms with Crippen LogP contribution in [0.5, 0.6) is 0 Å². The average Bonchev–Trinajstić information content (AvgIpc) is 3.67. The molecule has 1 N–H and O–H groups in total. The molecule has 264 valence electrons. The van der Waals surface area contributed by atoms with E-state index >= 15 is 0 Å². The Morgan fingerprint density at radius 3 is 2.37 bits per heavy atom. The molecule has 52 heavy (non-hydrogen) atoms. The molecule has 3 aromatic heterocycles. The lowest BCUT2D eigenvalue weighted by molar-refractivity contribution is -0.136. The van der Waals surface area contributed by atoms with Crippen molar-refractivity contribution in [3.05, 3.63) is 84.2 Å². The number of pyridine rings is 1. The van der Waals surface area contributed by atoms with Crippen LogP contribution in [0.1, 0.15) is 52.8 Å². The Morgan fingerprint density at radius 1 is 0.769 bits per heavy atom. The van der Waals surface area contributed by atoms with Crippen LogP contribution >= 0.6 is 0 Å². The van der Waals surface area contributed by atoms with Crippen LogP contribution in [0.15, 0.2) is 73.1 Å². The van der Waals surface area contributed by atoms with Crippen molar-refractivity contribution in [1.29, 1.82) is 0 Å². The number of piperidine rings is 2. The highest BCUT2D eigenvalue weighted by Crippen LogP contribution is 2.32. The van der Waals surface area contributed by atoms with Crippen LogP contribution < -0.4 is 15.1 Å². The number of nitrogens with zero attached hydrogens (tertiary/aromatic N) is 8. The molecule has 4 aliphatic heterocycles. The van der Waals surface area contributed by atoms with Gasteiger partial charge < -0.3 is 9.80 Å². The van der Waals surface area contributed by atoms with E-state index in [2.05, 4.69) is 43.2 Å². The summed E-state index contributed by atoms with van der Waals surface area (Å²) in [4.78, 5) is 72.8. The van der Waals surface area contributed by atoms with Crippen LogP contribution in [-0.2, 0) is 9.59 Å². The first kappa shape index (κ1) is 32.2. The van der Waals surface area contributed by atoms with Crippen LogP contribution in [0.25, 0.3) is 28.1 Å². The molecular formula is C39H39N9O4. The summed E-state index contributed by atoms with van der Waals surface area (Å²) >= 11 is 0. The summed E-state index contributed by atoms with van der Waals surface area (Å²) in [6, 6.07) is 18.7. The first-order chi connectivity index (χ1) is 25.4. The highest BCUT2D eigenvalue weighted by Gasteiger charge is 2.44. The van der Waals surface area contributed by atoms with Crippen molar-refractivity contribution < 1.29 is 19.2 Å². The predicted molar refractivity (Wildman–Crippen MR) is 195 cm³/mol. The fourth-order valence-electron chi connectivity index (χ4n) is 8.13. The minimum Gasteiger partial charge on any atom is -0.369 e. The van der Waals surface area contributed by atoms with Crippen molar-refractivity contribution in [1.82, 2.24) is 34.5 Å². The number of fused-ring (bicyclic) bond motifs is 4. The smallest absolute Gasteiger partial charge is 0.262 e. The SMILES string of the molecule is O=C1CCC(N2C(=O)c3ccc(N4CCN(CCC5CCN(c6ccc(-c7ccn8c(n7)nc7ccccc78)cn6)CC5)CC4)cc3C2=O)C(=O)N1. The lowest BCUT2D eigenvalue weighted by Gasteiger charge is -2.38. The van der Waals surface area contributed by atoms with Gasteiger partial charge in [-0.3, -0.25) is 38.7 Å². The highest BCUT2D eigenvalue weighted by molar-refractivity contribution is 6.23. The van der Waals surface area contributed by atoms with E-state index in [0.29, 0.717) is 22.8 Å². The molecule has 13 heteroatoms. The molecule has 0 bridgehead atoms. The number of para-hydroxylation sites is 2. The maximum atomic E-state index is 13.3. The number of hydrogen-bond acceptors (Lipinski definition) is 10. The first-order valence-electron chi connectivity index (χ1n) is 18.2. The summed E-state index contributed by atoms with van der Waals surface area (Å²) in [5.41, 5.74) is 5.36. The van der Waals surface area contributed by atoms with E-state index in [9.17, 15) is 19.2 Å². The molecule has 1 atom stereocenters. The van der Waals surface area contributed by atoms with E-state index in [-0.39, 0.29) is 18.7 Å². The lowest BCUT2D eigenvalue weighted by Crippen LogP contribution is -2.54. The van der Waals surface area contributed by atoms with Crippen LogP contribution in [0, 0.1) is 5.92 Å². The summed E-state index contributed by atoms with van der Waals surface area (Å²) < 4.78 is 2.01. The molecule has 9 rings (SSSR count). The third-order valence-electron chi connectivity index (χ3n) is 11.2. The summed E-state index contributed by atoms with van der Waals surface area (Å²) in [7, 11) is 0. The minimum atomic E-state index is -0.956. The van der Waals surface area contributed by atoms with E-state index in [0.717, 1.165) is 97.4 Å². The molecule has 3 saturated heterocycles. The maximum absolute atomic E-state index is 13.3. The molecule has 0 radical (unpaired) electrons. The molecular weight excluding hydrogens is 658 g/mol. The largest absolute Gasteiger partial charge is 0.369 e. The summed E-state index contributed by atoms with van der Waals surface area (Å²) in [6.07, 6.45) is 7.65. The van der Waals surface area contributed by atoms with E-state index < -0.39 is 23.8 Å². The van der Waals surface area contributed by atoms with Crippen LogP contribution in [0.4, 0.5) is 11.5 Å². The van der Waals surface area contributed by atoms with Gasteiger partial charge in [-0.05, 0) is 86.7 Å². The van der Waals surface area contributed by atoms with Gasteiger partial charge in [-0.1, -0.05) is 12.1 Å². The van der Waals surface area contributed by atoms with Gasteiger partial charge in [0.15, 0.2) is 0 Å². The van der Waals surface area contributed by atoms with Crippen molar-refractivity contribution in [3.63, 3.8) is 0 Å². The fraction of sp³-hybridized carbons (Fsp3) is 0.359. The molecule has 7 heterocycles. The van der Waals surface area contributed by atoms with Crippen molar-refractivity contribution in [2.45, 2.75) is 38.1 Å². The van der Waals surface area contributed by atoms with E-state index in [1.165, 1.54) is 6.42 Å². The number of imidazole rings is 1. The number of hydrogen-bond donors (Lipinski definition) is 1. The summed E-state index contributed by atoms with van der Waals surface area (Å²) in [6.45, 7) is 6.58. The number of anilines is 2. The molecule has 0 spiro atoms. The molecule has 0 aliphatic carbocycles. The monoisotopic (exact) mass is 697 g/mol. The summed E-state index contributed by atoms with van der Waals surface area (Å²) in [5.74, 6) is 0.454. The molecule has 4 aliphatic rings. The predicted octanol–water partition coefficient (Wildman–Crippen LogP) is 3.77. The third kappa shape index (κ3) is 5.84. The zero-order valence-electron chi connectivity index (χ0n) is 28.8. The number of nitrogens with one attached hydrogen (secondary N) is 1. The van der Waals surface area contributed by atoms with Crippen LogP contribution in [0.2, 0.25) is 0 Å². The second-order valence-corrected chi connectivity index (χ2v) is 14.2. The summed E-state index contributed by atoms with van der Waals surface area (Å²) in [5, 5.41) is 2.25. The molecule has 4 amide bonds. The number of piperazine rings is 1. The van der Waals surface area contributed by atoms with Gasteiger partial charge in [0.05, 0.1) is 27.9 Å². The molecule has 0 saturated carbocycles. The Morgan fingerprint density at radius 2 is 1.58 bits per heavy atom. The fourth-order valence-corrected chi connectivity index (χ4v) is 8.13. The number of carbonyl (C=O) groups excluding carboxylic acids is 4. The zero-order chi connectivity index (χ0) is 35.3. The Bertz CT molecular complexity index is 2220. The van der Waals surface area contributed by atoms with Gasteiger partial charge in [0, 0.05) is 69.3 Å². The van der Waals surface area contributed by atoms with Crippen molar-refractivity contribution >= 4 is 51.9 Å². The normalized spacial score (nSPS) is 20.3. The number of amides is 4. The van der Waals surface area contributed by atoms with Crippen molar-refractivity contribution in [3.8, 4) is 11.3 Å². The zero-order valence-corrected chi connectivity index (χ0v) is 28.8. The third-order valence-corrected chi connectivity index (χ3v) is 11.2. The quantitative estimate of drug-likeness (QED) is 0.251. The van der Waals surface area contributed by atoms with E-state index in [1.807, 2.05) is 47.1 Å². The van der Waals surface area contributed by atoms with Gasteiger partial charge in [-0.15, -0.1) is 0 Å². The maximum Gasteiger partial charge on any atom is 0.262 e. The topological polar surface area (TPSA) is 136 Å². The number of benzene rings is 2. The van der Waals surface area contributed by atoms with Gasteiger partial charge in [-0.25, -0.2) is 15.0 Å². The first-order valence-corrected chi connectivity index (χ1v) is 18.2. The standard InChI is InChI=1S/C39H39N9O4/c49-35-10-8-33(36(50)43-35)48-37(51)28-7-6-27(23-29(28)38(48)52)45-21-19-44(20-22-45)15-11-25-12-16-46(17-13-25)34-9-5-26(24-40-34)30-14-18-47-32-4-2-1-3-31(32)42-39(47)41-30/h1-7,9,14,18,23-25,33H,8,10-13,15-17,19-22H2,(H,43,49,50). The highest BCUT2D eigenvalue weighted by atomic mass is 16.2. The number of carbonyl (C=O) groups is 4. The number of imide groups is 2. The second-order valence-electron chi connectivity index (χ2n) is 14.2. The van der Waals surface area contributed by atoms with Crippen LogP contribution in [-0.4, -0.2) is 105 Å². The molecule has 5 aromatic rings. The lowest BCUT2D eigenvalue weighted by atomic mass is 9.93. The van der Waals surface area contributed by atoms with Gasteiger partial charge in [0.1, 0.15) is 11.9 Å². The Kier molecular flexibility index (Phi) is 8.14. The van der Waals surface area contributed by atoms with Crippen LogP contribution in [0.3, 0.4) is 0 Å². The number of rotatable bonds is 7. The van der Waals surface area contributed by atoms with Crippen molar-refractivity contribution in [2.24, 2.45) is 5.92 Å². The van der Waals surface area contributed by atoms with Gasteiger partial charge in [0.25, 0.3) is 11.8 Å². The van der Waals surface area contributed by atoms with Crippen molar-refractivity contribution in [2.75, 3.05) is 55.6 Å². The molecule has 13 nitrogen and oxygen atoms in total. The molecule has 2 aromatic carbocycles. The minimum absolute atomic E-state index is 0.105. The Hall–Kier alpha value is -5.69.